The molecule has 1 rings (SSSR count). The van der Waals surface area contributed by atoms with E-state index in [0.29, 0.717) is 23.5 Å². The van der Waals surface area contributed by atoms with Crippen LogP contribution in [-0.2, 0) is 4.74 Å². The Morgan fingerprint density at radius 2 is 1.94 bits per heavy atom. The van der Waals surface area contributed by atoms with E-state index in [2.05, 4.69) is 46.4 Å². The van der Waals surface area contributed by atoms with Crippen molar-refractivity contribution in [1.29, 1.82) is 0 Å². The third-order valence-electron chi connectivity index (χ3n) is 4.47. The third-order valence-corrected chi connectivity index (χ3v) is 4.47. The quantitative estimate of drug-likeness (QED) is 0.730. The standard InChI is InChI=1S/C15H31NO/c1-7-16-10-8-9-15(5,6)14(16)11-17-13(4)12(2)3/h12-14H,7-11H2,1-6H3/t13-,14?/m1/s1. The first kappa shape index (κ1) is 15.0. The fraction of sp³-hybridized carbons (Fsp3) is 1.00. The molecule has 1 aliphatic heterocycles. The topological polar surface area (TPSA) is 12.5 Å². The molecular formula is C15H31NO. The molecule has 1 fully saturated rings. The summed E-state index contributed by atoms with van der Waals surface area (Å²) in [7, 11) is 0. The molecule has 0 radical (unpaired) electrons. The molecule has 0 N–H and O–H groups in total. The number of ether oxygens (including phenoxy) is 1. The predicted octanol–water partition coefficient (Wildman–Crippen LogP) is 3.56. The number of hydrogen-bond donors (Lipinski definition) is 0. The van der Waals surface area contributed by atoms with Crippen LogP contribution in [0.3, 0.4) is 0 Å². The van der Waals surface area contributed by atoms with E-state index in [1.807, 2.05) is 0 Å². The number of likely N-dealkylation sites (tertiary alicyclic amines) is 1. The number of rotatable bonds is 5. The largest absolute Gasteiger partial charge is 0.377 e. The smallest absolute Gasteiger partial charge is 0.0630 e. The van der Waals surface area contributed by atoms with E-state index in [1.165, 1.54) is 19.4 Å². The lowest BCUT2D eigenvalue weighted by atomic mass is 9.76. The van der Waals surface area contributed by atoms with Gasteiger partial charge in [-0.25, -0.2) is 0 Å². The molecule has 1 saturated heterocycles. The van der Waals surface area contributed by atoms with Crippen LogP contribution < -0.4 is 0 Å². The molecule has 17 heavy (non-hydrogen) atoms. The van der Waals surface area contributed by atoms with Gasteiger partial charge in [0.1, 0.15) is 0 Å². The lowest BCUT2D eigenvalue weighted by Crippen LogP contribution is -2.52. The summed E-state index contributed by atoms with van der Waals surface area (Å²) in [6.45, 7) is 17.0. The molecule has 2 atom stereocenters. The van der Waals surface area contributed by atoms with Gasteiger partial charge in [0.05, 0.1) is 12.7 Å². The van der Waals surface area contributed by atoms with Gasteiger partial charge in [-0.05, 0) is 44.2 Å². The zero-order valence-corrected chi connectivity index (χ0v) is 12.6. The van der Waals surface area contributed by atoms with E-state index < -0.39 is 0 Å². The van der Waals surface area contributed by atoms with E-state index in [-0.39, 0.29) is 0 Å². The van der Waals surface area contributed by atoms with Gasteiger partial charge in [0.25, 0.3) is 0 Å². The summed E-state index contributed by atoms with van der Waals surface area (Å²) in [5, 5.41) is 0. The van der Waals surface area contributed by atoms with Crippen molar-refractivity contribution in [3.05, 3.63) is 0 Å². The Hall–Kier alpha value is -0.0800. The minimum atomic E-state index is 0.367. The number of likely N-dealkylation sites (N-methyl/N-ethyl adjacent to an activating group) is 1. The van der Waals surface area contributed by atoms with Crippen LogP contribution in [0.5, 0.6) is 0 Å². The summed E-state index contributed by atoms with van der Waals surface area (Å²) >= 11 is 0. The monoisotopic (exact) mass is 241 g/mol. The van der Waals surface area contributed by atoms with E-state index in [4.69, 9.17) is 4.74 Å². The van der Waals surface area contributed by atoms with Gasteiger partial charge >= 0.3 is 0 Å². The molecule has 0 spiro atoms. The van der Waals surface area contributed by atoms with Crippen LogP contribution in [0.4, 0.5) is 0 Å². The highest BCUT2D eigenvalue weighted by Crippen LogP contribution is 2.35. The zero-order chi connectivity index (χ0) is 13.1. The third kappa shape index (κ3) is 3.96. The van der Waals surface area contributed by atoms with Gasteiger partial charge in [-0.3, -0.25) is 4.90 Å². The van der Waals surface area contributed by atoms with Crippen molar-refractivity contribution in [2.75, 3.05) is 19.7 Å². The van der Waals surface area contributed by atoms with Crippen molar-refractivity contribution in [3.8, 4) is 0 Å². The van der Waals surface area contributed by atoms with Crippen LogP contribution >= 0.6 is 0 Å². The van der Waals surface area contributed by atoms with Crippen LogP contribution in [0.1, 0.15) is 54.4 Å². The van der Waals surface area contributed by atoms with Gasteiger partial charge in [0.2, 0.25) is 0 Å². The Morgan fingerprint density at radius 1 is 1.29 bits per heavy atom. The number of hydrogen-bond acceptors (Lipinski definition) is 2. The molecule has 0 aromatic heterocycles. The molecule has 2 nitrogen and oxygen atoms in total. The molecule has 0 aromatic rings. The SMILES string of the molecule is CCN1CCCC(C)(C)C1CO[C@H](C)C(C)C. The fourth-order valence-corrected chi connectivity index (χ4v) is 2.70. The second-order valence-electron chi connectivity index (χ2n) is 6.52. The summed E-state index contributed by atoms with van der Waals surface area (Å²) in [5.74, 6) is 0.608. The lowest BCUT2D eigenvalue weighted by Gasteiger charge is -2.46. The van der Waals surface area contributed by atoms with E-state index >= 15 is 0 Å². The highest BCUT2D eigenvalue weighted by atomic mass is 16.5. The first-order valence-corrected chi connectivity index (χ1v) is 7.24. The average Bonchev–Trinajstić information content (AvgIpc) is 2.25. The van der Waals surface area contributed by atoms with Crippen molar-refractivity contribution >= 4 is 0 Å². The van der Waals surface area contributed by atoms with Gasteiger partial charge in [0.15, 0.2) is 0 Å². The highest BCUT2D eigenvalue weighted by molar-refractivity contribution is 4.90. The Balaban J connectivity index is 2.57. The van der Waals surface area contributed by atoms with Crippen LogP contribution in [0.2, 0.25) is 0 Å². The molecule has 0 saturated carbocycles. The van der Waals surface area contributed by atoms with Crippen LogP contribution in [0, 0.1) is 11.3 Å². The van der Waals surface area contributed by atoms with Crippen LogP contribution in [0.25, 0.3) is 0 Å². The van der Waals surface area contributed by atoms with Gasteiger partial charge in [0, 0.05) is 6.04 Å². The number of piperidine rings is 1. The first-order chi connectivity index (χ1) is 7.88. The van der Waals surface area contributed by atoms with E-state index in [0.717, 1.165) is 13.2 Å². The molecule has 0 aromatic carbocycles. The fourth-order valence-electron chi connectivity index (χ4n) is 2.70. The molecule has 0 aliphatic carbocycles. The molecular weight excluding hydrogens is 210 g/mol. The molecule has 102 valence electrons. The minimum absolute atomic E-state index is 0.367. The van der Waals surface area contributed by atoms with Crippen molar-refractivity contribution in [2.24, 2.45) is 11.3 Å². The molecule has 1 unspecified atom stereocenters. The zero-order valence-electron chi connectivity index (χ0n) is 12.6. The van der Waals surface area contributed by atoms with Crippen molar-refractivity contribution in [3.63, 3.8) is 0 Å². The summed E-state index contributed by atoms with van der Waals surface area (Å²) in [6.07, 6.45) is 3.02. The van der Waals surface area contributed by atoms with Crippen LogP contribution in [0.15, 0.2) is 0 Å². The Labute approximate surface area is 108 Å². The normalized spacial score (nSPS) is 27.4. The maximum absolute atomic E-state index is 6.07. The van der Waals surface area contributed by atoms with Gasteiger partial charge in [-0.15, -0.1) is 0 Å². The van der Waals surface area contributed by atoms with E-state index in [1.54, 1.807) is 0 Å². The van der Waals surface area contributed by atoms with Crippen LogP contribution in [-0.4, -0.2) is 36.7 Å². The summed E-state index contributed by atoms with van der Waals surface area (Å²) in [6, 6.07) is 0.586. The highest BCUT2D eigenvalue weighted by Gasteiger charge is 2.37. The Bertz CT molecular complexity index is 225. The van der Waals surface area contributed by atoms with Gasteiger partial charge < -0.3 is 4.74 Å². The second-order valence-corrected chi connectivity index (χ2v) is 6.52. The van der Waals surface area contributed by atoms with Gasteiger partial charge in [-0.1, -0.05) is 34.6 Å². The van der Waals surface area contributed by atoms with Crippen molar-refractivity contribution in [1.82, 2.24) is 4.90 Å². The van der Waals surface area contributed by atoms with Crippen molar-refractivity contribution < 1.29 is 4.74 Å². The van der Waals surface area contributed by atoms with E-state index in [9.17, 15) is 0 Å². The maximum Gasteiger partial charge on any atom is 0.0630 e. The Morgan fingerprint density at radius 3 is 2.47 bits per heavy atom. The number of nitrogens with zero attached hydrogens (tertiary/aromatic N) is 1. The van der Waals surface area contributed by atoms with Gasteiger partial charge in [-0.2, -0.15) is 0 Å². The van der Waals surface area contributed by atoms with Crippen molar-refractivity contribution in [2.45, 2.75) is 66.5 Å². The second kappa shape index (κ2) is 6.19. The molecule has 2 heteroatoms. The first-order valence-electron chi connectivity index (χ1n) is 7.24. The molecule has 1 aliphatic rings. The molecule has 0 amide bonds. The molecule has 1 heterocycles. The summed E-state index contributed by atoms with van der Waals surface area (Å²) < 4.78 is 6.07. The lowest BCUT2D eigenvalue weighted by molar-refractivity contribution is -0.0546. The Kier molecular flexibility index (Phi) is 5.46. The maximum atomic E-state index is 6.07. The summed E-state index contributed by atoms with van der Waals surface area (Å²) in [5.41, 5.74) is 0.394. The molecule has 0 bridgehead atoms. The summed E-state index contributed by atoms with van der Waals surface area (Å²) in [4.78, 5) is 2.59. The average molecular weight is 241 g/mol. The predicted molar refractivity (Wildman–Crippen MR) is 74.3 cm³/mol. The minimum Gasteiger partial charge on any atom is -0.377 e.